The Kier molecular flexibility index (Phi) is 4.78. The van der Waals surface area contributed by atoms with Crippen LogP contribution in [0.15, 0.2) is 48.5 Å². The third-order valence-corrected chi connectivity index (χ3v) is 6.04. The molecule has 4 aromatic rings. The number of carbonyl (C=O) groups is 1. The molecule has 156 valence electrons. The molecule has 31 heavy (non-hydrogen) atoms. The maximum Gasteiger partial charge on any atom is 0.256 e. The van der Waals surface area contributed by atoms with Crippen LogP contribution in [0.2, 0.25) is 5.02 Å². The van der Waals surface area contributed by atoms with Gasteiger partial charge in [-0.1, -0.05) is 35.4 Å². The Bertz CT molecular complexity index is 1320. The van der Waals surface area contributed by atoms with Gasteiger partial charge >= 0.3 is 0 Å². The zero-order valence-corrected chi connectivity index (χ0v) is 18.5. The smallest absolute Gasteiger partial charge is 0.256 e. The van der Waals surface area contributed by atoms with Gasteiger partial charge in [0, 0.05) is 11.6 Å². The molecule has 1 aliphatic carbocycles. The first kappa shape index (κ1) is 19.8. The molecule has 1 saturated carbocycles. The molecule has 0 radical (unpaired) electrons. The molecular formula is C25H23ClN4O. The highest BCUT2D eigenvalue weighted by atomic mass is 35.5. The van der Waals surface area contributed by atoms with E-state index in [0.29, 0.717) is 27.8 Å². The van der Waals surface area contributed by atoms with Crippen LogP contribution < -0.4 is 5.32 Å². The Morgan fingerprint density at radius 2 is 1.74 bits per heavy atom. The van der Waals surface area contributed by atoms with E-state index in [0.717, 1.165) is 40.9 Å². The fourth-order valence-electron chi connectivity index (χ4n) is 3.85. The second-order valence-electron chi connectivity index (χ2n) is 8.34. The second kappa shape index (κ2) is 7.50. The fraction of sp³-hybridized carbons (Fsp3) is 0.240. The summed E-state index contributed by atoms with van der Waals surface area (Å²) in [6, 6.07) is 15.7. The summed E-state index contributed by atoms with van der Waals surface area (Å²) in [7, 11) is 0. The number of benzene rings is 2. The summed E-state index contributed by atoms with van der Waals surface area (Å²) in [4.78, 5) is 18.3. The third-order valence-electron chi connectivity index (χ3n) is 5.72. The maximum atomic E-state index is 13.4. The van der Waals surface area contributed by atoms with Crippen LogP contribution in [0.1, 0.15) is 51.6 Å². The van der Waals surface area contributed by atoms with Crippen molar-refractivity contribution in [2.45, 2.75) is 39.5 Å². The number of halogens is 1. The van der Waals surface area contributed by atoms with E-state index in [-0.39, 0.29) is 5.91 Å². The Hall–Kier alpha value is -3.18. The van der Waals surface area contributed by atoms with E-state index in [1.807, 2.05) is 54.9 Å². The first-order valence-corrected chi connectivity index (χ1v) is 10.8. The van der Waals surface area contributed by atoms with Crippen LogP contribution in [-0.2, 0) is 0 Å². The van der Waals surface area contributed by atoms with Crippen molar-refractivity contribution in [2.75, 3.05) is 5.32 Å². The lowest BCUT2D eigenvalue weighted by Gasteiger charge is -2.11. The molecule has 0 spiro atoms. The largest absolute Gasteiger partial charge is 0.321 e. The van der Waals surface area contributed by atoms with Crippen molar-refractivity contribution >= 4 is 34.2 Å². The summed E-state index contributed by atoms with van der Waals surface area (Å²) in [6.45, 7) is 5.94. The standard InChI is InChI=1S/C25H23ClN4O/c1-14-4-9-18(10-5-14)30-24-23(16(3)29-30)19(13-22(27-24)17-7-8-17)25(31)28-21-11-6-15(2)12-20(21)26/h4-6,9-13,17H,7-8H2,1-3H3,(H,28,31). The van der Waals surface area contributed by atoms with Crippen LogP contribution in [0, 0.1) is 20.8 Å². The molecule has 6 heteroatoms. The van der Waals surface area contributed by atoms with Crippen molar-refractivity contribution in [3.8, 4) is 5.69 Å². The number of hydrogen-bond acceptors (Lipinski definition) is 3. The number of aryl methyl sites for hydroxylation is 3. The molecule has 2 aromatic heterocycles. The van der Waals surface area contributed by atoms with Crippen molar-refractivity contribution in [3.05, 3.63) is 81.6 Å². The molecule has 5 rings (SSSR count). The predicted octanol–water partition coefficient (Wildman–Crippen LogP) is 6.13. The summed E-state index contributed by atoms with van der Waals surface area (Å²) in [6.07, 6.45) is 2.20. The number of fused-ring (bicyclic) bond motifs is 1. The van der Waals surface area contributed by atoms with E-state index in [9.17, 15) is 4.79 Å². The van der Waals surface area contributed by atoms with Crippen molar-refractivity contribution in [1.29, 1.82) is 0 Å². The van der Waals surface area contributed by atoms with Crippen molar-refractivity contribution < 1.29 is 4.79 Å². The van der Waals surface area contributed by atoms with Gasteiger partial charge in [0.15, 0.2) is 5.65 Å². The normalized spacial score (nSPS) is 13.5. The Morgan fingerprint density at radius 1 is 1.03 bits per heavy atom. The van der Waals surface area contributed by atoms with Gasteiger partial charge in [-0.05, 0) is 69.5 Å². The number of nitrogens with one attached hydrogen (secondary N) is 1. The maximum absolute atomic E-state index is 13.4. The number of hydrogen-bond donors (Lipinski definition) is 1. The van der Waals surface area contributed by atoms with Gasteiger partial charge in [-0.25, -0.2) is 9.67 Å². The van der Waals surface area contributed by atoms with Gasteiger partial charge < -0.3 is 5.32 Å². The lowest BCUT2D eigenvalue weighted by molar-refractivity contribution is 0.102. The highest BCUT2D eigenvalue weighted by Gasteiger charge is 2.29. The molecule has 0 aliphatic heterocycles. The van der Waals surface area contributed by atoms with Gasteiger partial charge in [-0.15, -0.1) is 0 Å². The molecule has 2 heterocycles. The topological polar surface area (TPSA) is 59.8 Å². The number of carbonyl (C=O) groups excluding carboxylic acids is 1. The van der Waals surface area contributed by atoms with E-state index >= 15 is 0 Å². The van der Waals surface area contributed by atoms with Crippen LogP contribution in [-0.4, -0.2) is 20.7 Å². The summed E-state index contributed by atoms with van der Waals surface area (Å²) < 4.78 is 1.84. The van der Waals surface area contributed by atoms with Crippen LogP contribution in [0.5, 0.6) is 0 Å². The zero-order valence-electron chi connectivity index (χ0n) is 17.7. The fourth-order valence-corrected chi connectivity index (χ4v) is 4.14. The molecule has 2 aromatic carbocycles. The van der Waals surface area contributed by atoms with Crippen LogP contribution in [0.4, 0.5) is 5.69 Å². The predicted molar refractivity (Wildman–Crippen MR) is 124 cm³/mol. The zero-order chi connectivity index (χ0) is 21.7. The van der Waals surface area contributed by atoms with Gasteiger partial charge in [-0.2, -0.15) is 5.10 Å². The molecule has 5 nitrogen and oxygen atoms in total. The minimum absolute atomic E-state index is 0.202. The summed E-state index contributed by atoms with van der Waals surface area (Å²) in [5, 5.41) is 9.01. The minimum Gasteiger partial charge on any atom is -0.321 e. The molecule has 0 unspecified atom stereocenters. The molecule has 1 amide bonds. The SMILES string of the molecule is Cc1ccc(-n2nc(C)c3c(C(=O)Nc4ccc(C)cc4Cl)cc(C4CC4)nc32)cc1. The van der Waals surface area contributed by atoms with Crippen molar-refractivity contribution in [2.24, 2.45) is 0 Å². The lowest BCUT2D eigenvalue weighted by Crippen LogP contribution is -2.14. The van der Waals surface area contributed by atoms with Gasteiger partial charge in [0.2, 0.25) is 0 Å². The Morgan fingerprint density at radius 3 is 2.42 bits per heavy atom. The molecule has 1 N–H and O–H groups in total. The minimum atomic E-state index is -0.202. The number of anilines is 1. The highest BCUT2D eigenvalue weighted by molar-refractivity contribution is 6.34. The monoisotopic (exact) mass is 430 g/mol. The highest BCUT2D eigenvalue weighted by Crippen LogP contribution is 2.41. The van der Waals surface area contributed by atoms with Crippen molar-refractivity contribution in [3.63, 3.8) is 0 Å². The molecule has 0 saturated heterocycles. The molecule has 0 atom stereocenters. The molecular weight excluding hydrogens is 408 g/mol. The Labute approximate surface area is 186 Å². The van der Waals surface area contributed by atoms with Gasteiger partial charge in [0.05, 0.1) is 33.0 Å². The molecule has 1 aliphatic rings. The Balaban J connectivity index is 1.65. The summed E-state index contributed by atoms with van der Waals surface area (Å²) in [5.41, 5.74) is 6.76. The van der Waals surface area contributed by atoms with E-state index in [4.69, 9.17) is 21.7 Å². The van der Waals surface area contributed by atoms with Crippen molar-refractivity contribution in [1.82, 2.24) is 14.8 Å². The number of nitrogens with zero attached hydrogens (tertiary/aromatic N) is 3. The van der Waals surface area contributed by atoms with Crippen LogP contribution in [0.3, 0.4) is 0 Å². The van der Waals surface area contributed by atoms with E-state index in [1.54, 1.807) is 0 Å². The first-order chi connectivity index (χ1) is 14.9. The van der Waals surface area contributed by atoms with Gasteiger partial charge in [0.1, 0.15) is 0 Å². The average molecular weight is 431 g/mol. The second-order valence-corrected chi connectivity index (χ2v) is 8.74. The summed E-state index contributed by atoms with van der Waals surface area (Å²) >= 11 is 6.36. The van der Waals surface area contributed by atoms with E-state index < -0.39 is 0 Å². The number of amides is 1. The number of aromatic nitrogens is 3. The van der Waals surface area contributed by atoms with Gasteiger partial charge in [-0.3, -0.25) is 4.79 Å². The summed E-state index contributed by atoms with van der Waals surface area (Å²) in [5.74, 6) is 0.201. The number of pyridine rings is 1. The quantitative estimate of drug-likeness (QED) is 0.423. The van der Waals surface area contributed by atoms with E-state index in [1.165, 1.54) is 5.56 Å². The lowest BCUT2D eigenvalue weighted by atomic mass is 10.1. The molecule has 1 fully saturated rings. The number of rotatable bonds is 4. The molecule has 0 bridgehead atoms. The van der Waals surface area contributed by atoms with Gasteiger partial charge in [0.25, 0.3) is 5.91 Å². The van der Waals surface area contributed by atoms with Crippen LogP contribution >= 0.6 is 11.6 Å². The van der Waals surface area contributed by atoms with Crippen LogP contribution in [0.25, 0.3) is 16.7 Å². The first-order valence-electron chi connectivity index (χ1n) is 10.5. The average Bonchev–Trinajstić information content (AvgIpc) is 3.54. The van der Waals surface area contributed by atoms with E-state index in [2.05, 4.69) is 24.4 Å². The third kappa shape index (κ3) is 3.70.